The van der Waals surface area contributed by atoms with Crippen LogP contribution in [0.1, 0.15) is 5.82 Å². The molecule has 1 saturated heterocycles. The molecule has 1 aliphatic rings. The largest absolute Gasteiger partial charge is 0.383 e. The van der Waals surface area contributed by atoms with Crippen LogP contribution in [0, 0.1) is 0 Å². The molecule has 1 amide bonds. The van der Waals surface area contributed by atoms with E-state index >= 15 is 0 Å². The number of aromatic nitrogens is 2. The first-order valence-corrected chi connectivity index (χ1v) is 6.23. The third kappa shape index (κ3) is 2.34. The summed E-state index contributed by atoms with van der Waals surface area (Å²) in [5, 5.41) is 3.88. The highest BCUT2D eigenvalue weighted by Crippen LogP contribution is 2.17. The van der Waals surface area contributed by atoms with E-state index in [9.17, 15) is 4.79 Å². The molecule has 0 atom stereocenters. The van der Waals surface area contributed by atoms with E-state index in [2.05, 4.69) is 15.3 Å². The molecule has 6 heteroatoms. The number of fused-ring (bicyclic) bond motifs is 1. The van der Waals surface area contributed by atoms with Gasteiger partial charge in [0.25, 0.3) is 0 Å². The summed E-state index contributed by atoms with van der Waals surface area (Å²) in [5.41, 5.74) is 6.74. The van der Waals surface area contributed by atoms with Crippen molar-refractivity contribution < 1.29 is 4.79 Å². The van der Waals surface area contributed by atoms with E-state index in [-0.39, 0.29) is 5.91 Å². The van der Waals surface area contributed by atoms with Gasteiger partial charge in [-0.2, -0.15) is 0 Å². The Balaban J connectivity index is 1.90. The number of piperazine rings is 1. The number of nitrogens with one attached hydrogen (secondary N) is 1. The van der Waals surface area contributed by atoms with Crippen LogP contribution in [-0.4, -0.2) is 40.4 Å². The van der Waals surface area contributed by atoms with Crippen LogP contribution in [0.5, 0.6) is 0 Å². The van der Waals surface area contributed by atoms with E-state index in [1.807, 2.05) is 24.3 Å². The lowest BCUT2D eigenvalue weighted by Gasteiger charge is -2.26. The standard InChI is InChI=1S/C13H15N5O/c14-13-9-3-1-2-4-10(9)16-11(17-13)8-18-6-5-15-7-12(18)19/h1-4,15H,5-8H2,(H2,14,16,17). The maximum Gasteiger partial charge on any atom is 0.236 e. The summed E-state index contributed by atoms with van der Waals surface area (Å²) < 4.78 is 0. The Morgan fingerprint density at radius 2 is 2.16 bits per heavy atom. The van der Waals surface area contributed by atoms with Crippen LogP contribution in [0.3, 0.4) is 0 Å². The van der Waals surface area contributed by atoms with Crippen LogP contribution < -0.4 is 11.1 Å². The van der Waals surface area contributed by atoms with Crippen molar-refractivity contribution in [1.29, 1.82) is 0 Å². The van der Waals surface area contributed by atoms with E-state index in [0.29, 0.717) is 31.3 Å². The van der Waals surface area contributed by atoms with Crippen LogP contribution in [0.4, 0.5) is 5.82 Å². The summed E-state index contributed by atoms with van der Waals surface area (Å²) in [7, 11) is 0. The van der Waals surface area contributed by atoms with Gasteiger partial charge in [-0.1, -0.05) is 12.1 Å². The number of nitrogens with zero attached hydrogens (tertiary/aromatic N) is 3. The van der Waals surface area contributed by atoms with Crippen LogP contribution >= 0.6 is 0 Å². The number of carbonyl (C=O) groups is 1. The molecule has 0 radical (unpaired) electrons. The maximum absolute atomic E-state index is 11.7. The Morgan fingerprint density at radius 3 is 3.00 bits per heavy atom. The monoisotopic (exact) mass is 257 g/mol. The fourth-order valence-electron chi connectivity index (χ4n) is 2.21. The molecule has 0 unspecified atom stereocenters. The summed E-state index contributed by atoms with van der Waals surface area (Å²) in [6, 6.07) is 7.61. The van der Waals surface area contributed by atoms with Crippen molar-refractivity contribution in [2.24, 2.45) is 0 Å². The van der Waals surface area contributed by atoms with Gasteiger partial charge in [0.05, 0.1) is 18.6 Å². The summed E-state index contributed by atoms with van der Waals surface area (Å²) in [5.74, 6) is 1.12. The third-order valence-corrected chi connectivity index (χ3v) is 3.20. The molecule has 3 rings (SSSR count). The van der Waals surface area contributed by atoms with Crippen LogP contribution in [-0.2, 0) is 11.3 Å². The second kappa shape index (κ2) is 4.81. The lowest BCUT2D eigenvalue weighted by Crippen LogP contribution is -2.47. The van der Waals surface area contributed by atoms with Gasteiger partial charge in [-0.15, -0.1) is 0 Å². The smallest absolute Gasteiger partial charge is 0.236 e. The molecular formula is C13H15N5O. The van der Waals surface area contributed by atoms with Gasteiger partial charge in [0.1, 0.15) is 5.82 Å². The van der Waals surface area contributed by atoms with Crippen LogP contribution in [0.15, 0.2) is 24.3 Å². The normalized spacial score (nSPS) is 16.0. The number of para-hydroxylation sites is 1. The predicted molar refractivity (Wildman–Crippen MR) is 72.2 cm³/mol. The Kier molecular flexibility index (Phi) is 3.00. The van der Waals surface area contributed by atoms with Gasteiger partial charge in [0.2, 0.25) is 5.91 Å². The molecule has 0 spiro atoms. The van der Waals surface area contributed by atoms with Gasteiger partial charge < -0.3 is 16.0 Å². The molecule has 19 heavy (non-hydrogen) atoms. The number of nitrogen functional groups attached to an aromatic ring is 1. The molecule has 6 nitrogen and oxygen atoms in total. The quantitative estimate of drug-likeness (QED) is 0.799. The third-order valence-electron chi connectivity index (χ3n) is 3.20. The number of hydrogen-bond donors (Lipinski definition) is 2. The Bertz CT molecular complexity index is 627. The highest BCUT2D eigenvalue weighted by molar-refractivity contribution is 5.87. The summed E-state index contributed by atoms with van der Waals surface area (Å²) in [6.45, 7) is 2.27. The zero-order valence-electron chi connectivity index (χ0n) is 10.5. The molecule has 3 N–H and O–H groups in total. The molecule has 1 aliphatic heterocycles. The number of hydrogen-bond acceptors (Lipinski definition) is 5. The SMILES string of the molecule is Nc1nc(CN2CCNCC2=O)nc2ccccc12. The van der Waals surface area contributed by atoms with Gasteiger partial charge >= 0.3 is 0 Å². The summed E-state index contributed by atoms with van der Waals surface area (Å²) in [6.07, 6.45) is 0. The minimum atomic E-state index is 0.0709. The molecule has 0 saturated carbocycles. The summed E-state index contributed by atoms with van der Waals surface area (Å²) in [4.78, 5) is 22.2. The highest BCUT2D eigenvalue weighted by Gasteiger charge is 2.19. The van der Waals surface area contributed by atoms with Gasteiger partial charge in [0.15, 0.2) is 5.82 Å². The Morgan fingerprint density at radius 1 is 1.32 bits per heavy atom. The predicted octanol–water partition coefficient (Wildman–Crippen LogP) is 0.144. The van der Waals surface area contributed by atoms with E-state index in [1.54, 1.807) is 4.90 Å². The first-order chi connectivity index (χ1) is 9.24. The van der Waals surface area contributed by atoms with Crippen molar-refractivity contribution in [2.45, 2.75) is 6.54 Å². The molecule has 2 aromatic rings. The number of amides is 1. The molecule has 1 fully saturated rings. The minimum Gasteiger partial charge on any atom is -0.383 e. The summed E-state index contributed by atoms with van der Waals surface area (Å²) >= 11 is 0. The second-order valence-electron chi connectivity index (χ2n) is 4.53. The van der Waals surface area contributed by atoms with Crippen molar-refractivity contribution in [3.05, 3.63) is 30.1 Å². The molecular weight excluding hydrogens is 242 g/mol. The van der Waals surface area contributed by atoms with E-state index < -0.39 is 0 Å². The number of nitrogens with two attached hydrogens (primary N) is 1. The minimum absolute atomic E-state index is 0.0709. The van der Waals surface area contributed by atoms with Crippen molar-refractivity contribution in [3.63, 3.8) is 0 Å². The van der Waals surface area contributed by atoms with Crippen LogP contribution in [0.25, 0.3) is 10.9 Å². The van der Waals surface area contributed by atoms with Crippen LogP contribution in [0.2, 0.25) is 0 Å². The number of carbonyl (C=O) groups excluding carboxylic acids is 1. The van der Waals surface area contributed by atoms with Crippen molar-refractivity contribution in [1.82, 2.24) is 20.2 Å². The fraction of sp³-hybridized carbons (Fsp3) is 0.308. The first kappa shape index (κ1) is 11.9. The molecule has 98 valence electrons. The molecule has 1 aromatic carbocycles. The fourth-order valence-corrected chi connectivity index (χ4v) is 2.21. The molecule has 2 heterocycles. The lowest BCUT2D eigenvalue weighted by atomic mass is 10.2. The number of anilines is 1. The topological polar surface area (TPSA) is 84.1 Å². The van der Waals surface area contributed by atoms with Crippen molar-refractivity contribution in [3.8, 4) is 0 Å². The average molecular weight is 257 g/mol. The van der Waals surface area contributed by atoms with E-state index in [4.69, 9.17) is 5.73 Å². The average Bonchev–Trinajstić information content (AvgIpc) is 2.42. The van der Waals surface area contributed by atoms with Crippen molar-refractivity contribution >= 4 is 22.6 Å². The number of rotatable bonds is 2. The molecule has 0 aliphatic carbocycles. The Labute approximate surface area is 110 Å². The zero-order valence-corrected chi connectivity index (χ0v) is 10.5. The first-order valence-electron chi connectivity index (χ1n) is 6.23. The molecule has 1 aromatic heterocycles. The van der Waals surface area contributed by atoms with Gasteiger partial charge in [-0.3, -0.25) is 4.79 Å². The van der Waals surface area contributed by atoms with Gasteiger partial charge in [-0.25, -0.2) is 9.97 Å². The van der Waals surface area contributed by atoms with Crippen molar-refractivity contribution in [2.75, 3.05) is 25.4 Å². The maximum atomic E-state index is 11.7. The second-order valence-corrected chi connectivity index (χ2v) is 4.53. The zero-order chi connectivity index (χ0) is 13.2. The van der Waals surface area contributed by atoms with Gasteiger partial charge in [0, 0.05) is 18.5 Å². The Hall–Kier alpha value is -2.21. The van der Waals surface area contributed by atoms with Gasteiger partial charge in [-0.05, 0) is 12.1 Å². The molecule has 0 bridgehead atoms. The highest BCUT2D eigenvalue weighted by atomic mass is 16.2. The lowest BCUT2D eigenvalue weighted by molar-refractivity contribution is -0.132. The number of benzene rings is 1. The van der Waals surface area contributed by atoms with E-state index in [0.717, 1.165) is 17.4 Å². The van der Waals surface area contributed by atoms with E-state index in [1.165, 1.54) is 0 Å².